The topological polar surface area (TPSA) is 49.6 Å². The number of hydrogen-bond acceptors (Lipinski definition) is 3. The van der Waals surface area contributed by atoms with E-state index in [0.29, 0.717) is 11.9 Å². The number of hydrogen-bond donors (Lipinski definition) is 1. The van der Waals surface area contributed by atoms with E-state index in [-0.39, 0.29) is 12.0 Å². The van der Waals surface area contributed by atoms with E-state index in [1.54, 1.807) is 0 Å². The first kappa shape index (κ1) is 10.5. The van der Waals surface area contributed by atoms with Crippen LogP contribution < -0.4 is 5.73 Å². The van der Waals surface area contributed by atoms with Gasteiger partial charge < -0.3 is 10.6 Å². The van der Waals surface area contributed by atoms with Crippen molar-refractivity contribution in [2.45, 2.75) is 37.8 Å². The van der Waals surface area contributed by atoms with Gasteiger partial charge >= 0.3 is 0 Å². The molecule has 2 saturated heterocycles. The first-order valence-corrected chi connectivity index (χ1v) is 6.54. The summed E-state index contributed by atoms with van der Waals surface area (Å²) in [5.74, 6) is 0.466. The van der Waals surface area contributed by atoms with Gasteiger partial charge in [0.25, 0.3) is 0 Å². The summed E-state index contributed by atoms with van der Waals surface area (Å²) >= 11 is 0. The van der Waals surface area contributed by atoms with Crippen LogP contribution in [0.5, 0.6) is 0 Å². The van der Waals surface area contributed by atoms with Crippen LogP contribution in [0.4, 0.5) is 0 Å². The van der Waals surface area contributed by atoms with Crippen LogP contribution in [0, 0.1) is 5.92 Å². The van der Waals surface area contributed by atoms with Crippen molar-refractivity contribution in [3.8, 4) is 0 Å². The minimum Gasteiger partial charge on any atom is -0.340 e. The highest BCUT2D eigenvalue weighted by Crippen LogP contribution is 2.31. The van der Waals surface area contributed by atoms with E-state index in [2.05, 4.69) is 9.80 Å². The van der Waals surface area contributed by atoms with Crippen molar-refractivity contribution in [1.29, 1.82) is 0 Å². The van der Waals surface area contributed by atoms with Crippen molar-refractivity contribution in [3.63, 3.8) is 0 Å². The van der Waals surface area contributed by atoms with Gasteiger partial charge in [-0.25, -0.2) is 0 Å². The molecule has 16 heavy (non-hydrogen) atoms. The SMILES string of the molecule is NC1CC1C(=O)N1CCN2CCCCC2C1. The Morgan fingerprint density at radius 2 is 2.00 bits per heavy atom. The normalized spacial score (nSPS) is 39.3. The number of amides is 1. The molecule has 1 amide bonds. The monoisotopic (exact) mass is 223 g/mol. The van der Waals surface area contributed by atoms with Crippen LogP contribution in [0.1, 0.15) is 25.7 Å². The summed E-state index contributed by atoms with van der Waals surface area (Å²) in [7, 11) is 0. The standard InChI is InChI=1S/C12H21N3O/c13-11-7-10(11)12(16)15-6-5-14-4-2-1-3-9(14)8-15/h9-11H,1-8,13H2. The summed E-state index contributed by atoms with van der Waals surface area (Å²) in [6.07, 6.45) is 4.83. The molecule has 2 N–H and O–H groups in total. The summed E-state index contributed by atoms with van der Waals surface area (Å²) in [5.41, 5.74) is 5.75. The number of fused-ring (bicyclic) bond motifs is 1. The zero-order valence-electron chi connectivity index (χ0n) is 9.77. The van der Waals surface area contributed by atoms with E-state index < -0.39 is 0 Å². The molecule has 3 fully saturated rings. The molecule has 2 aliphatic heterocycles. The van der Waals surface area contributed by atoms with E-state index in [9.17, 15) is 4.79 Å². The van der Waals surface area contributed by atoms with E-state index in [1.807, 2.05) is 0 Å². The highest BCUT2D eigenvalue weighted by molar-refractivity contribution is 5.82. The number of nitrogens with two attached hydrogens (primary N) is 1. The van der Waals surface area contributed by atoms with Crippen LogP contribution >= 0.6 is 0 Å². The third-order valence-electron chi connectivity index (χ3n) is 4.31. The van der Waals surface area contributed by atoms with E-state index in [0.717, 1.165) is 26.1 Å². The Balaban J connectivity index is 1.60. The Morgan fingerprint density at radius 1 is 1.19 bits per heavy atom. The fourth-order valence-corrected chi connectivity index (χ4v) is 3.09. The van der Waals surface area contributed by atoms with Crippen LogP contribution in [0.3, 0.4) is 0 Å². The van der Waals surface area contributed by atoms with Gasteiger partial charge in [-0.05, 0) is 25.8 Å². The molecule has 90 valence electrons. The first-order valence-electron chi connectivity index (χ1n) is 6.54. The van der Waals surface area contributed by atoms with Crippen LogP contribution in [0.15, 0.2) is 0 Å². The Bertz CT molecular complexity index is 294. The predicted octanol–water partition coefficient (Wildman–Crippen LogP) is 0.0303. The molecule has 0 spiro atoms. The maximum absolute atomic E-state index is 12.1. The molecule has 4 heteroatoms. The van der Waals surface area contributed by atoms with Gasteiger partial charge in [-0.2, -0.15) is 0 Å². The minimum atomic E-state index is 0.148. The Labute approximate surface area is 96.8 Å². The highest BCUT2D eigenvalue weighted by atomic mass is 16.2. The molecule has 0 radical (unpaired) electrons. The molecule has 1 aliphatic carbocycles. The van der Waals surface area contributed by atoms with E-state index >= 15 is 0 Å². The average Bonchev–Trinajstić information content (AvgIpc) is 3.05. The molecular formula is C12H21N3O. The summed E-state index contributed by atoms with van der Waals surface area (Å²) in [5, 5.41) is 0. The summed E-state index contributed by atoms with van der Waals surface area (Å²) in [4.78, 5) is 16.7. The lowest BCUT2D eigenvalue weighted by Gasteiger charge is -2.44. The second kappa shape index (κ2) is 4.00. The highest BCUT2D eigenvalue weighted by Gasteiger charge is 2.43. The molecule has 3 atom stereocenters. The molecule has 0 aromatic heterocycles. The van der Waals surface area contributed by atoms with Crippen molar-refractivity contribution in [2.24, 2.45) is 11.7 Å². The molecule has 1 saturated carbocycles. The van der Waals surface area contributed by atoms with Crippen molar-refractivity contribution in [3.05, 3.63) is 0 Å². The molecule has 3 unspecified atom stereocenters. The number of carbonyl (C=O) groups is 1. The van der Waals surface area contributed by atoms with Gasteiger partial charge in [0.15, 0.2) is 0 Å². The van der Waals surface area contributed by atoms with Crippen LogP contribution in [0.25, 0.3) is 0 Å². The second-order valence-corrected chi connectivity index (χ2v) is 5.48. The Hall–Kier alpha value is -0.610. The molecule has 2 heterocycles. The van der Waals surface area contributed by atoms with Gasteiger partial charge in [0.1, 0.15) is 0 Å². The van der Waals surface area contributed by atoms with Crippen LogP contribution in [0.2, 0.25) is 0 Å². The number of carbonyl (C=O) groups excluding carboxylic acids is 1. The van der Waals surface area contributed by atoms with Gasteiger partial charge in [0, 0.05) is 31.7 Å². The lowest BCUT2D eigenvalue weighted by molar-refractivity contribution is -0.136. The molecule has 0 aromatic carbocycles. The predicted molar refractivity (Wildman–Crippen MR) is 61.9 cm³/mol. The molecular weight excluding hydrogens is 202 g/mol. The third-order valence-corrected chi connectivity index (χ3v) is 4.31. The minimum absolute atomic E-state index is 0.148. The maximum atomic E-state index is 12.1. The maximum Gasteiger partial charge on any atom is 0.227 e. The number of rotatable bonds is 1. The lowest BCUT2D eigenvalue weighted by Crippen LogP contribution is -2.56. The lowest BCUT2D eigenvalue weighted by atomic mass is 9.99. The fraction of sp³-hybridized carbons (Fsp3) is 0.917. The summed E-state index contributed by atoms with van der Waals surface area (Å²) in [6, 6.07) is 0.776. The van der Waals surface area contributed by atoms with Crippen molar-refractivity contribution >= 4 is 5.91 Å². The number of nitrogens with zero attached hydrogens (tertiary/aromatic N) is 2. The van der Waals surface area contributed by atoms with Crippen molar-refractivity contribution in [2.75, 3.05) is 26.2 Å². The van der Waals surface area contributed by atoms with E-state index in [1.165, 1.54) is 25.8 Å². The quantitative estimate of drug-likeness (QED) is 0.682. The van der Waals surface area contributed by atoms with Crippen LogP contribution in [-0.4, -0.2) is 54.0 Å². The summed E-state index contributed by atoms with van der Waals surface area (Å²) in [6.45, 7) is 4.16. The summed E-state index contributed by atoms with van der Waals surface area (Å²) < 4.78 is 0. The van der Waals surface area contributed by atoms with Gasteiger partial charge in [0.05, 0.1) is 5.92 Å². The molecule has 3 aliphatic rings. The van der Waals surface area contributed by atoms with Crippen molar-refractivity contribution < 1.29 is 4.79 Å². The van der Waals surface area contributed by atoms with Gasteiger partial charge in [-0.1, -0.05) is 6.42 Å². The Kier molecular flexibility index (Phi) is 2.64. The van der Waals surface area contributed by atoms with Gasteiger partial charge in [0.2, 0.25) is 5.91 Å². The van der Waals surface area contributed by atoms with Gasteiger partial charge in [-0.15, -0.1) is 0 Å². The van der Waals surface area contributed by atoms with Crippen LogP contribution in [-0.2, 0) is 4.79 Å². The smallest absolute Gasteiger partial charge is 0.227 e. The largest absolute Gasteiger partial charge is 0.340 e. The molecule has 0 aromatic rings. The molecule has 3 rings (SSSR count). The zero-order valence-corrected chi connectivity index (χ0v) is 9.77. The third kappa shape index (κ3) is 1.84. The van der Waals surface area contributed by atoms with E-state index in [4.69, 9.17) is 5.73 Å². The molecule has 4 nitrogen and oxygen atoms in total. The fourth-order valence-electron chi connectivity index (χ4n) is 3.09. The first-order chi connectivity index (χ1) is 7.75. The number of piperidine rings is 1. The second-order valence-electron chi connectivity index (χ2n) is 5.48. The Morgan fingerprint density at radius 3 is 2.75 bits per heavy atom. The average molecular weight is 223 g/mol. The molecule has 0 bridgehead atoms. The van der Waals surface area contributed by atoms with Crippen molar-refractivity contribution in [1.82, 2.24) is 9.80 Å². The number of piperazine rings is 1. The van der Waals surface area contributed by atoms with Gasteiger partial charge in [-0.3, -0.25) is 9.69 Å². The zero-order chi connectivity index (χ0) is 11.1.